The maximum atomic E-state index is 12.7. The predicted molar refractivity (Wildman–Crippen MR) is 114 cm³/mol. The molecule has 1 aromatic rings. The lowest BCUT2D eigenvalue weighted by Crippen LogP contribution is -2.51. The van der Waals surface area contributed by atoms with Gasteiger partial charge in [-0.25, -0.2) is 4.68 Å². The third-order valence-electron chi connectivity index (χ3n) is 5.97. The zero-order valence-electron chi connectivity index (χ0n) is 18.1. The molecular weight excluding hydrogens is 368 g/mol. The van der Waals surface area contributed by atoms with Gasteiger partial charge in [-0.1, -0.05) is 20.8 Å². The van der Waals surface area contributed by atoms with E-state index in [-0.39, 0.29) is 17.9 Å². The molecule has 162 valence electrons. The molecule has 2 amide bonds. The van der Waals surface area contributed by atoms with Gasteiger partial charge in [0.25, 0.3) is 0 Å². The summed E-state index contributed by atoms with van der Waals surface area (Å²) in [5.74, 6) is 1.34. The van der Waals surface area contributed by atoms with Gasteiger partial charge in [0, 0.05) is 51.8 Å². The Morgan fingerprint density at radius 3 is 2.38 bits per heavy atom. The second-order valence-corrected chi connectivity index (χ2v) is 8.63. The second kappa shape index (κ2) is 10.2. The minimum atomic E-state index is 0.0255. The summed E-state index contributed by atoms with van der Waals surface area (Å²) in [5, 5.41) is 7.42. The van der Waals surface area contributed by atoms with Gasteiger partial charge in [0.2, 0.25) is 11.8 Å². The van der Waals surface area contributed by atoms with Crippen molar-refractivity contribution >= 4 is 17.6 Å². The third-order valence-corrected chi connectivity index (χ3v) is 5.97. The molecule has 1 N–H and O–H groups in total. The van der Waals surface area contributed by atoms with E-state index in [0.717, 1.165) is 64.5 Å². The molecule has 3 heterocycles. The number of likely N-dealkylation sites (tertiary alicyclic amines) is 1. The Hall–Kier alpha value is -1.93. The fourth-order valence-electron chi connectivity index (χ4n) is 4.18. The molecule has 0 spiro atoms. The Morgan fingerprint density at radius 2 is 1.76 bits per heavy atom. The molecule has 3 rings (SSSR count). The molecule has 0 atom stereocenters. The summed E-state index contributed by atoms with van der Waals surface area (Å²) >= 11 is 0. The summed E-state index contributed by atoms with van der Waals surface area (Å²) in [5.41, 5.74) is 0. The van der Waals surface area contributed by atoms with Crippen molar-refractivity contribution in [2.45, 2.75) is 46.1 Å². The number of piperazine rings is 1. The van der Waals surface area contributed by atoms with Gasteiger partial charge in [-0.3, -0.25) is 14.5 Å². The molecule has 2 saturated heterocycles. The Morgan fingerprint density at radius 1 is 1.10 bits per heavy atom. The van der Waals surface area contributed by atoms with E-state index >= 15 is 0 Å². The Kier molecular flexibility index (Phi) is 7.66. The largest absolute Gasteiger partial charge is 0.341 e. The number of carbonyl (C=O) groups excluding carboxylic acids is 2. The molecule has 0 radical (unpaired) electrons. The molecule has 8 nitrogen and oxygen atoms in total. The maximum Gasteiger partial charge on any atom is 0.236 e. The number of aromatic nitrogens is 2. The van der Waals surface area contributed by atoms with Crippen molar-refractivity contribution in [3.05, 3.63) is 12.3 Å². The van der Waals surface area contributed by atoms with E-state index in [1.165, 1.54) is 0 Å². The molecule has 0 unspecified atom stereocenters. The Balaban J connectivity index is 1.46. The van der Waals surface area contributed by atoms with Gasteiger partial charge < -0.3 is 15.1 Å². The van der Waals surface area contributed by atoms with E-state index in [0.29, 0.717) is 18.9 Å². The summed E-state index contributed by atoms with van der Waals surface area (Å²) in [7, 11) is 0. The first-order valence-electron chi connectivity index (χ1n) is 11.0. The van der Waals surface area contributed by atoms with Crippen LogP contribution in [0.15, 0.2) is 12.3 Å². The molecule has 8 heteroatoms. The lowest BCUT2D eigenvalue weighted by Gasteiger charge is -2.37. The van der Waals surface area contributed by atoms with Gasteiger partial charge in [-0.2, -0.15) is 5.10 Å². The van der Waals surface area contributed by atoms with Crippen LogP contribution < -0.4 is 5.32 Å². The average molecular weight is 405 g/mol. The number of likely N-dealkylation sites (N-methyl/N-ethyl adjacent to an activating group) is 1. The molecule has 0 saturated carbocycles. The first-order chi connectivity index (χ1) is 14.0. The number of hydrogen-bond donors (Lipinski definition) is 1. The number of nitrogens with one attached hydrogen (secondary N) is 1. The Bertz CT molecular complexity index is 672. The summed E-state index contributed by atoms with van der Waals surface area (Å²) in [6, 6.07) is 2.07. The fraction of sp³-hybridized carbons (Fsp3) is 0.762. The molecule has 0 aliphatic carbocycles. The molecule has 2 aliphatic rings. The summed E-state index contributed by atoms with van der Waals surface area (Å²) < 4.78 is 1.92. The summed E-state index contributed by atoms with van der Waals surface area (Å²) in [4.78, 5) is 31.5. The Labute approximate surface area is 174 Å². The zero-order valence-corrected chi connectivity index (χ0v) is 18.1. The van der Waals surface area contributed by atoms with Gasteiger partial charge in [0.05, 0.1) is 18.8 Å². The van der Waals surface area contributed by atoms with Gasteiger partial charge in [-0.05, 0) is 25.3 Å². The highest BCUT2D eigenvalue weighted by Gasteiger charge is 2.27. The number of hydrogen-bond acceptors (Lipinski definition) is 5. The maximum absolute atomic E-state index is 12.7. The summed E-state index contributed by atoms with van der Waals surface area (Å²) in [6.07, 6.45) is 3.97. The standard InChI is InChI=1S/C21H36N6O2/c1-4-24-11-13-25(14-12-24)16-21(29)26-9-6-18(7-10-26)27-19(5-8-22-27)23-20(28)15-17(2)3/h5,8,17-18H,4,6-7,9-16H2,1-3H3,(H,23,28). The number of rotatable bonds is 7. The van der Waals surface area contributed by atoms with Crippen LogP contribution in [0.2, 0.25) is 0 Å². The van der Waals surface area contributed by atoms with Crippen molar-refractivity contribution in [1.82, 2.24) is 24.5 Å². The summed E-state index contributed by atoms with van der Waals surface area (Å²) in [6.45, 7) is 13.4. The normalized spacial score (nSPS) is 19.7. The van der Waals surface area contributed by atoms with Crippen molar-refractivity contribution in [1.29, 1.82) is 0 Å². The molecular formula is C21H36N6O2. The zero-order chi connectivity index (χ0) is 20.8. The third kappa shape index (κ3) is 6.02. The highest BCUT2D eigenvalue weighted by atomic mass is 16.2. The van der Waals surface area contributed by atoms with E-state index in [2.05, 4.69) is 27.1 Å². The van der Waals surface area contributed by atoms with Crippen molar-refractivity contribution in [2.24, 2.45) is 5.92 Å². The second-order valence-electron chi connectivity index (χ2n) is 8.63. The number of nitrogens with zero attached hydrogens (tertiary/aromatic N) is 5. The van der Waals surface area contributed by atoms with Crippen molar-refractivity contribution in [3.8, 4) is 0 Å². The SMILES string of the molecule is CCN1CCN(CC(=O)N2CCC(n3nccc3NC(=O)CC(C)C)CC2)CC1. The van der Waals surface area contributed by atoms with Crippen molar-refractivity contribution in [2.75, 3.05) is 57.7 Å². The molecule has 0 aromatic carbocycles. The highest BCUT2D eigenvalue weighted by molar-refractivity contribution is 5.89. The van der Waals surface area contributed by atoms with Crippen LogP contribution >= 0.6 is 0 Å². The van der Waals surface area contributed by atoms with E-state index in [4.69, 9.17) is 0 Å². The molecule has 0 bridgehead atoms. The van der Waals surface area contributed by atoms with E-state index < -0.39 is 0 Å². The average Bonchev–Trinajstić information content (AvgIpc) is 3.16. The quantitative estimate of drug-likeness (QED) is 0.748. The minimum Gasteiger partial charge on any atom is -0.341 e. The van der Waals surface area contributed by atoms with Crippen LogP contribution in [0.4, 0.5) is 5.82 Å². The van der Waals surface area contributed by atoms with Crippen molar-refractivity contribution in [3.63, 3.8) is 0 Å². The fourth-order valence-corrected chi connectivity index (χ4v) is 4.18. The molecule has 2 fully saturated rings. The topological polar surface area (TPSA) is 73.7 Å². The van der Waals surface area contributed by atoms with Crippen LogP contribution in [0, 0.1) is 5.92 Å². The van der Waals surface area contributed by atoms with Gasteiger partial charge >= 0.3 is 0 Å². The molecule has 29 heavy (non-hydrogen) atoms. The number of piperidine rings is 1. The van der Waals surface area contributed by atoms with Gasteiger partial charge in [0.15, 0.2) is 0 Å². The van der Waals surface area contributed by atoms with E-state index in [1.54, 1.807) is 6.20 Å². The number of anilines is 1. The molecule has 1 aromatic heterocycles. The monoisotopic (exact) mass is 404 g/mol. The number of amides is 2. The number of carbonyl (C=O) groups is 2. The van der Waals surface area contributed by atoms with Crippen molar-refractivity contribution < 1.29 is 9.59 Å². The van der Waals surface area contributed by atoms with Crippen LogP contribution in [0.1, 0.15) is 46.1 Å². The minimum absolute atomic E-state index is 0.0255. The first-order valence-corrected chi connectivity index (χ1v) is 11.0. The smallest absolute Gasteiger partial charge is 0.236 e. The van der Waals surface area contributed by atoms with Crippen LogP contribution in [0.25, 0.3) is 0 Å². The van der Waals surface area contributed by atoms with Crippen LogP contribution in [0.3, 0.4) is 0 Å². The lowest BCUT2D eigenvalue weighted by molar-refractivity contribution is -0.134. The van der Waals surface area contributed by atoms with Gasteiger partial charge in [0.1, 0.15) is 5.82 Å². The van der Waals surface area contributed by atoms with Gasteiger partial charge in [-0.15, -0.1) is 0 Å². The van der Waals surface area contributed by atoms with E-state index in [1.807, 2.05) is 29.5 Å². The first kappa shape index (κ1) is 21.8. The van der Waals surface area contributed by atoms with Crippen LogP contribution in [0.5, 0.6) is 0 Å². The van der Waals surface area contributed by atoms with E-state index in [9.17, 15) is 9.59 Å². The van der Waals surface area contributed by atoms with Crippen LogP contribution in [-0.2, 0) is 9.59 Å². The molecule has 2 aliphatic heterocycles. The lowest BCUT2D eigenvalue weighted by atomic mass is 10.0. The predicted octanol–water partition coefficient (Wildman–Crippen LogP) is 1.67. The highest BCUT2D eigenvalue weighted by Crippen LogP contribution is 2.25. The van der Waals surface area contributed by atoms with Crippen LogP contribution in [-0.4, -0.2) is 88.7 Å².